The molecule has 0 saturated carbocycles. The van der Waals surface area contributed by atoms with E-state index in [-0.39, 0.29) is 23.8 Å². The first kappa shape index (κ1) is 31.5. The van der Waals surface area contributed by atoms with E-state index in [0.717, 1.165) is 9.87 Å². The molecule has 0 heterocycles. The summed E-state index contributed by atoms with van der Waals surface area (Å²) in [7, 11) is -4.14. The summed E-state index contributed by atoms with van der Waals surface area (Å²) in [6.07, 6.45) is 0.284. The number of nitrogens with one attached hydrogen (secondary N) is 1. The summed E-state index contributed by atoms with van der Waals surface area (Å²) in [5, 5.41) is 3.61. The van der Waals surface area contributed by atoms with Gasteiger partial charge in [-0.15, -0.1) is 0 Å². The molecular weight excluding hydrogens is 569 g/mol. The number of anilines is 1. The second-order valence-electron chi connectivity index (χ2n) is 10.5. The van der Waals surface area contributed by atoms with Crippen molar-refractivity contribution in [2.45, 2.75) is 64.1 Å². The molecule has 0 radical (unpaired) electrons. The van der Waals surface area contributed by atoms with Crippen LogP contribution in [0.1, 0.15) is 45.2 Å². The van der Waals surface area contributed by atoms with E-state index < -0.39 is 34.1 Å². The van der Waals surface area contributed by atoms with Crippen LogP contribution in [0.3, 0.4) is 0 Å². The van der Waals surface area contributed by atoms with Crippen LogP contribution in [0.2, 0.25) is 10.0 Å². The molecule has 0 aromatic heterocycles. The van der Waals surface area contributed by atoms with Gasteiger partial charge in [0.05, 0.1) is 10.6 Å². The first-order valence-electron chi connectivity index (χ1n) is 12.9. The van der Waals surface area contributed by atoms with Gasteiger partial charge in [0.1, 0.15) is 12.6 Å². The Morgan fingerprint density at radius 3 is 2.00 bits per heavy atom. The second-order valence-corrected chi connectivity index (χ2v) is 13.2. The monoisotopic (exact) mass is 603 g/mol. The van der Waals surface area contributed by atoms with Crippen molar-refractivity contribution in [2.24, 2.45) is 0 Å². The number of rotatable bonds is 10. The first-order valence-corrected chi connectivity index (χ1v) is 15.1. The normalized spacial score (nSPS) is 12.5. The van der Waals surface area contributed by atoms with Gasteiger partial charge in [-0.2, -0.15) is 0 Å². The Labute approximate surface area is 247 Å². The van der Waals surface area contributed by atoms with Gasteiger partial charge in [0, 0.05) is 27.7 Å². The highest BCUT2D eigenvalue weighted by Crippen LogP contribution is 2.29. The molecule has 0 fully saturated rings. The van der Waals surface area contributed by atoms with E-state index in [1.54, 1.807) is 67.6 Å². The number of benzene rings is 3. The summed E-state index contributed by atoms with van der Waals surface area (Å²) in [6.45, 7) is 8.57. The van der Waals surface area contributed by atoms with Crippen LogP contribution in [0.4, 0.5) is 5.69 Å². The number of carbonyl (C=O) groups excluding carboxylic acids is 2. The van der Waals surface area contributed by atoms with Gasteiger partial charge in [-0.05, 0) is 70.5 Å². The Morgan fingerprint density at radius 2 is 1.48 bits per heavy atom. The van der Waals surface area contributed by atoms with E-state index in [0.29, 0.717) is 21.3 Å². The zero-order chi connectivity index (χ0) is 29.7. The Morgan fingerprint density at radius 1 is 0.900 bits per heavy atom. The third-order valence-electron chi connectivity index (χ3n) is 6.21. The largest absolute Gasteiger partial charge is 0.350 e. The number of amides is 2. The molecule has 0 unspecified atom stereocenters. The molecule has 1 N–H and O–H groups in total. The van der Waals surface area contributed by atoms with Gasteiger partial charge < -0.3 is 10.2 Å². The van der Waals surface area contributed by atoms with E-state index in [1.807, 2.05) is 27.7 Å². The van der Waals surface area contributed by atoms with Gasteiger partial charge in [-0.3, -0.25) is 13.9 Å². The summed E-state index contributed by atoms with van der Waals surface area (Å²) >= 11 is 12.9. The fourth-order valence-corrected chi connectivity index (χ4v) is 6.12. The molecule has 0 aliphatic rings. The third kappa shape index (κ3) is 7.77. The zero-order valence-corrected chi connectivity index (χ0v) is 25.6. The Kier molecular flexibility index (Phi) is 10.3. The van der Waals surface area contributed by atoms with Gasteiger partial charge in [0.2, 0.25) is 11.8 Å². The van der Waals surface area contributed by atoms with Gasteiger partial charge in [-0.1, -0.05) is 72.1 Å². The summed E-state index contributed by atoms with van der Waals surface area (Å²) in [5.74, 6) is -0.939. The maximum Gasteiger partial charge on any atom is 0.264 e. The lowest BCUT2D eigenvalue weighted by molar-refractivity contribution is -0.141. The molecule has 1 atom stereocenters. The van der Waals surface area contributed by atoms with Crippen molar-refractivity contribution >= 4 is 50.7 Å². The smallest absolute Gasteiger partial charge is 0.264 e. The van der Waals surface area contributed by atoms with Gasteiger partial charge in [0.25, 0.3) is 10.0 Å². The summed E-state index contributed by atoms with van der Waals surface area (Å²) in [6, 6.07) is 18.9. The summed E-state index contributed by atoms with van der Waals surface area (Å²) in [5.41, 5.74) is 1.14. The zero-order valence-electron chi connectivity index (χ0n) is 23.3. The summed E-state index contributed by atoms with van der Waals surface area (Å²) < 4.78 is 28.8. The molecule has 2 amide bonds. The molecule has 3 aromatic rings. The Hall–Kier alpha value is -3.07. The van der Waals surface area contributed by atoms with Crippen LogP contribution in [0.5, 0.6) is 0 Å². The SMILES string of the molecule is CC[C@@H](C(=O)NC(C)(C)C)N(Cc1c(Cl)cccc1Cl)C(=O)CN(c1ccccc1)S(=O)(=O)c1ccc(C)cc1. The molecule has 0 aliphatic carbocycles. The third-order valence-corrected chi connectivity index (χ3v) is 8.70. The van der Waals surface area contributed by atoms with E-state index in [2.05, 4.69) is 5.32 Å². The van der Waals surface area contributed by atoms with Gasteiger partial charge >= 0.3 is 0 Å². The minimum absolute atomic E-state index is 0.0490. The highest BCUT2D eigenvalue weighted by molar-refractivity contribution is 7.92. The van der Waals surface area contributed by atoms with Crippen molar-refractivity contribution in [3.63, 3.8) is 0 Å². The van der Waals surface area contributed by atoms with Crippen LogP contribution in [-0.2, 0) is 26.2 Å². The van der Waals surface area contributed by atoms with E-state index in [4.69, 9.17) is 23.2 Å². The molecule has 3 rings (SSSR count). The van der Waals surface area contributed by atoms with E-state index in [9.17, 15) is 18.0 Å². The topological polar surface area (TPSA) is 86.8 Å². The standard InChI is InChI=1S/C30H35Cl2N3O4S/c1-6-27(29(37)33-30(3,4)5)34(19-24-25(31)13-10-14-26(24)32)28(36)20-35(22-11-8-7-9-12-22)40(38,39)23-17-15-21(2)16-18-23/h7-18,27H,6,19-20H2,1-5H3,(H,33,37)/t27-/m0/s1. The van der Waals surface area contributed by atoms with E-state index >= 15 is 0 Å². The van der Waals surface area contributed by atoms with Crippen molar-refractivity contribution in [3.8, 4) is 0 Å². The summed E-state index contributed by atoms with van der Waals surface area (Å²) in [4.78, 5) is 28.9. The Bertz CT molecular complexity index is 1420. The molecule has 0 saturated heterocycles. The number of para-hydroxylation sites is 1. The van der Waals surface area contributed by atoms with Crippen LogP contribution in [-0.4, -0.2) is 43.3 Å². The van der Waals surface area contributed by atoms with Crippen molar-refractivity contribution in [1.82, 2.24) is 10.2 Å². The fourth-order valence-electron chi connectivity index (χ4n) is 4.19. The van der Waals surface area contributed by atoms with Crippen molar-refractivity contribution < 1.29 is 18.0 Å². The Balaban J connectivity index is 2.09. The number of hydrogen-bond acceptors (Lipinski definition) is 4. The minimum atomic E-state index is -4.14. The molecule has 0 bridgehead atoms. The number of aryl methyl sites for hydroxylation is 1. The fraction of sp³-hybridized carbons (Fsp3) is 0.333. The van der Waals surface area contributed by atoms with Crippen LogP contribution >= 0.6 is 23.2 Å². The average Bonchev–Trinajstić information content (AvgIpc) is 2.88. The van der Waals surface area contributed by atoms with Gasteiger partial charge in [0.15, 0.2) is 0 Å². The molecule has 214 valence electrons. The van der Waals surface area contributed by atoms with Crippen molar-refractivity contribution in [3.05, 3.63) is 94.0 Å². The quantitative estimate of drug-likeness (QED) is 0.298. The van der Waals surface area contributed by atoms with Gasteiger partial charge in [-0.25, -0.2) is 8.42 Å². The molecule has 3 aromatic carbocycles. The minimum Gasteiger partial charge on any atom is -0.350 e. The lowest BCUT2D eigenvalue weighted by atomic mass is 10.1. The predicted octanol–water partition coefficient (Wildman–Crippen LogP) is 6.22. The number of carbonyl (C=O) groups is 2. The highest BCUT2D eigenvalue weighted by atomic mass is 35.5. The van der Waals surface area contributed by atoms with Crippen molar-refractivity contribution in [1.29, 1.82) is 0 Å². The number of halogens is 2. The molecule has 0 spiro atoms. The first-order chi connectivity index (χ1) is 18.7. The number of sulfonamides is 1. The number of nitrogens with zero attached hydrogens (tertiary/aromatic N) is 2. The van der Waals surface area contributed by atoms with Crippen LogP contribution in [0.15, 0.2) is 77.7 Å². The highest BCUT2D eigenvalue weighted by Gasteiger charge is 2.35. The van der Waals surface area contributed by atoms with Crippen LogP contribution < -0.4 is 9.62 Å². The maximum absolute atomic E-state index is 14.1. The molecule has 10 heteroatoms. The van der Waals surface area contributed by atoms with Crippen LogP contribution in [0.25, 0.3) is 0 Å². The molecular formula is C30H35Cl2N3O4S. The average molecular weight is 605 g/mol. The molecule has 0 aliphatic heterocycles. The van der Waals surface area contributed by atoms with Crippen LogP contribution in [0, 0.1) is 6.92 Å². The molecule has 40 heavy (non-hydrogen) atoms. The second kappa shape index (κ2) is 13.1. The molecule has 7 nitrogen and oxygen atoms in total. The lowest BCUT2D eigenvalue weighted by Gasteiger charge is -2.35. The lowest BCUT2D eigenvalue weighted by Crippen LogP contribution is -2.55. The number of hydrogen-bond donors (Lipinski definition) is 1. The predicted molar refractivity (Wildman–Crippen MR) is 161 cm³/mol. The van der Waals surface area contributed by atoms with Crippen molar-refractivity contribution in [2.75, 3.05) is 10.8 Å². The van der Waals surface area contributed by atoms with E-state index in [1.165, 1.54) is 17.0 Å². The maximum atomic E-state index is 14.1.